The van der Waals surface area contributed by atoms with Gasteiger partial charge in [0.2, 0.25) is 0 Å². The Morgan fingerprint density at radius 1 is 1.72 bits per heavy atom. The summed E-state index contributed by atoms with van der Waals surface area (Å²) in [6.45, 7) is 4.46. The van der Waals surface area contributed by atoms with Gasteiger partial charge in [-0.3, -0.25) is 0 Å². The van der Waals surface area contributed by atoms with Crippen LogP contribution in [0.25, 0.3) is 0 Å². The molecule has 0 amide bonds. The smallest absolute Gasteiger partial charge is 0.167 e. The summed E-state index contributed by atoms with van der Waals surface area (Å²) in [7, 11) is 0. The van der Waals surface area contributed by atoms with E-state index in [9.17, 15) is 9.50 Å². The second kappa shape index (κ2) is 4.34. The van der Waals surface area contributed by atoms with Gasteiger partial charge in [-0.1, -0.05) is 6.58 Å². The average molecular weight is 257 g/mol. The molecule has 2 rings (SSSR count). The number of nitrogens with two attached hydrogens (primary N) is 1. The molecule has 2 aliphatic heterocycles. The molecule has 0 aliphatic carbocycles. The van der Waals surface area contributed by atoms with Crippen LogP contribution in [0.3, 0.4) is 0 Å². The van der Waals surface area contributed by atoms with Crippen molar-refractivity contribution in [1.82, 2.24) is 4.90 Å². The molecule has 0 unspecified atom stereocenters. The van der Waals surface area contributed by atoms with E-state index in [0.717, 1.165) is 0 Å². The maximum atomic E-state index is 13.9. The number of hydrogen-bond donors (Lipinski definition) is 3. The first kappa shape index (κ1) is 13.0. The van der Waals surface area contributed by atoms with Crippen molar-refractivity contribution < 1.29 is 19.3 Å². The van der Waals surface area contributed by atoms with Crippen molar-refractivity contribution in [3.63, 3.8) is 0 Å². The van der Waals surface area contributed by atoms with Gasteiger partial charge in [0.15, 0.2) is 12.4 Å². The molecule has 0 aromatic rings. The van der Waals surface area contributed by atoms with Crippen molar-refractivity contribution >= 4 is 5.84 Å². The standard InChI is InChI=1S/C11H16FN3O3/c1-6-14-8(13)3-4-15(6)10-11(2,17)9(12)7(5-16)18-10/h3-4,7,9-10,16-17H,1,5H2,2H3,(H2,13,14)/t7-,9-,10-,11-/m1/s1. The van der Waals surface area contributed by atoms with Crippen LogP contribution >= 0.6 is 0 Å². The summed E-state index contributed by atoms with van der Waals surface area (Å²) in [6, 6.07) is 0. The summed E-state index contributed by atoms with van der Waals surface area (Å²) in [5.74, 6) is 0.510. The van der Waals surface area contributed by atoms with E-state index in [-0.39, 0.29) is 11.7 Å². The van der Waals surface area contributed by atoms with Gasteiger partial charge in [-0.05, 0) is 13.0 Å². The van der Waals surface area contributed by atoms with E-state index in [2.05, 4.69) is 11.6 Å². The van der Waals surface area contributed by atoms with Crippen LogP contribution < -0.4 is 5.73 Å². The number of rotatable bonds is 2. The zero-order valence-electron chi connectivity index (χ0n) is 9.95. The van der Waals surface area contributed by atoms with Gasteiger partial charge < -0.3 is 25.6 Å². The molecule has 4 N–H and O–H groups in total. The Hall–Kier alpha value is -1.44. The van der Waals surface area contributed by atoms with E-state index in [1.807, 2.05) is 0 Å². The van der Waals surface area contributed by atoms with Crippen molar-refractivity contribution in [3.05, 3.63) is 24.7 Å². The van der Waals surface area contributed by atoms with Gasteiger partial charge in [0.25, 0.3) is 0 Å². The molecule has 0 saturated carbocycles. The molecule has 0 radical (unpaired) electrons. The van der Waals surface area contributed by atoms with E-state index in [1.54, 1.807) is 0 Å². The lowest BCUT2D eigenvalue weighted by Gasteiger charge is -2.35. The minimum Gasteiger partial charge on any atom is -0.394 e. The van der Waals surface area contributed by atoms with Crippen LogP contribution in [0, 0.1) is 0 Å². The summed E-state index contributed by atoms with van der Waals surface area (Å²) < 4.78 is 19.2. The Labute approximate surface area is 104 Å². The second-order valence-electron chi connectivity index (χ2n) is 4.51. The van der Waals surface area contributed by atoms with Gasteiger partial charge in [0, 0.05) is 6.20 Å². The molecule has 0 bridgehead atoms. The highest BCUT2D eigenvalue weighted by molar-refractivity contribution is 5.92. The van der Waals surface area contributed by atoms with Gasteiger partial charge in [-0.2, -0.15) is 0 Å². The van der Waals surface area contributed by atoms with Crippen molar-refractivity contribution in [1.29, 1.82) is 0 Å². The lowest BCUT2D eigenvalue weighted by atomic mass is 9.97. The molecule has 0 aromatic heterocycles. The Morgan fingerprint density at radius 3 is 2.89 bits per heavy atom. The van der Waals surface area contributed by atoms with Crippen LogP contribution in [0.2, 0.25) is 0 Å². The molecule has 1 saturated heterocycles. The van der Waals surface area contributed by atoms with E-state index in [4.69, 9.17) is 15.6 Å². The molecular formula is C11H16FN3O3. The molecule has 0 aromatic carbocycles. The fourth-order valence-corrected chi connectivity index (χ4v) is 2.07. The molecule has 0 spiro atoms. The molecule has 1 fully saturated rings. The van der Waals surface area contributed by atoms with E-state index < -0.39 is 30.7 Å². The predicted molar refractivity (Wildman–Crippen MR) is 63.0 cm³/mol. The number of amidine groups is 1. The zero-order valence-corrected chi connectivity index (χ0v) is 9.95. The average Bonchev–Trinajstić information content (AvgIpc) is 2.52. The number of hydrogen-bond acceptors (Lipinski definition) is 6. The first-order valence-corrected chi connectivity index (χ1v) is 5.50. The fraction of sp³-hybridized carbons (Fsp3) is 0.545. The maximum Gasteiger partial charge on any atom is 0.167 e. The first-order valence-electron chi connectivity index (χ1n) is 5.50. The topological polar surface area (TPSA) is 91.3 Å². The summed E-state index contributed by atoms with van der Waals surface area (Å²) in [5.41, 5.74) is 3.72. The van der Waals surface area contributed by atoms with Crippen LogP contribution in [0.1, 0.15) is 6.92 Å². The van der Waals surface area contributed by atoms with E-state index in [0.29, 0.717) is 0 Å². The lowest BCUT2D eigenvalue weighted by molar-refractivity contribution is -0.106. The molecule has 2 heterocycles. The number of halogens is 1. The van der Waals surface area contributed by atoms with Crippen molar-refractivity contribution in [3.8, 4) is 0 Å². The van der Waals surface area contributed by atoms with Crippen molar-refractivity contribution in [2.75, 3.05) is 6.61 Å². The van der Waals surface area contributed by atoms with Gasteiger partial charge in [0.1, 0.15) is 23.4 Å². The van der Waals surface area contributed by atoms with Crippen LogP contribution in [0.5, 0.6) is 0 Å². The Bertz CT molecular complexity index is 422. The Balaban J connectivity index is 2.25. The van der Waals surface area contributed by atoms with Crippen LogP contribution in [0.15, 0.2) is 29.7 Å². The highest BCUT2D eigenvalue weighted by Gasteiger charge is 2.55. The highest BCUT2D eigenvalue weighted by atomic mass is 19.1. The summed E-state index contributed by atoms with van der Waals surface area (Å²) in [6.07, 6.45) is -0.777. The Kier molecular flexibility index (Phi) is 3.14. The van der Waals surface area contributed by atoms with Crippen molar-refractivity contribution in [2.24, 2.45) is 10.7 Å². The molecule has 4 atom stereocenters. The lowest BCUT2D eigenvalue weighted by Crippen LogP contribution is -2.50. The molecule has 6 nitrogen and oxygen atoms in total. The number of aliphatic hydroxyl groups excluding tert-OH is 1. The maximum absolute atomic E-state index is 13.9. The molecule has 100 valence electrons. The van der Waals surface area contributed by atoms with E-state index >= 15 is 0 Å². The van der Waals surface area contributed by atoms with Crippen LogP contribution in [-0.2, 0) is 4.74 Å². The summed E-state index contributed by atoms with van der Waals surface area (Å²) >= 11 is 0. The molecular weight excluding hydrogens is 241 g/mol. The normalized spacial score (nSPS) is 40.2. The number of aliphatic hydroxyl groups is 2. The predicted octanol–water partition coefficient (Wildman–Crippen LogP) is -0.550. The van der Waals surface area contributed by atoms with Crippen molar-refractivity contribution in [2.45, 2.75) is 31.0 Å². The highest BCUT2D eigenvalue weighted by Crippen LogP contribution is 2.37. The third-order valence-corrected chi connectivity index (χ3v) is 3.08. The third-order valence-electron chi connectivity index (χ3n) is 3.08. The minimum atomic E-state index is -1.78. The second-order valence-corrected chi connectivity index (χ2v) is 4.51. The van der Waals surface area contributed by atoms with Gasteiger partial charge in [-0.25, -0.2) is 9.38 Å². The third kappa shape index (κ3) is 1.90. The SMILES string of the molecule is C=C1N=C(N)C=CN1[C@@H]1O[C@H](CO)[C@@H](F)[C@@]1(C)O. The van der Waals surface area contributed by atoms with Gasteiger partial charge in [0.05, 0.1) is 6.61 Å². The Morgan fingerprint density at radius 2 is 2.39 bits per heavy atom. The van der Waals surface area contributed by atoms with Crippen LogP contribution in [0.4, 0.5) is 4.39 Å². The summed E-state index contributed by atoms with van der Waals surface area (Å²) in [4.78, 5) is 5.30. The summed E-state index contributed by atoms with van der Waals surface area (Å²) in [5, 5.41) is 19.2. The van der Waals surface area contributed by atoms with E-state index in [1.165, 1.54) is 24.1 Å². The molecule has 2 aliphatic rings. The van der Waals surface area contributed by atoms with Gasteiger partial charge in [-0.15, -0.1) is 0 Å². The monoisotopic (exact) mass is 257 g/mol. The number of nitrogens with zero attached hydrogens (tertiary/aromatic N) is 2. The van der Waals surface area contributed by atoms with Gasteiger partial charge >= 0.3 is 0 Å². The zero-order chi connectivity index (χ0) is 13.5. The molecule has 18 heavy (non-hydrogen) atoms. The minimum absolute atomic E-state index is 0.242. The largest absolute Gasteiger partial charge is 0.394 e. The number of aliphatic imine (C=N–C) groups is 1. The fourth-order valence-electron chi connectivity index (χ4n) is 2.07. The quantitative estimate of drug-likeness (QED) is 0.617. The number of ether oxygens (including phenoxy) is 1. The first-order chi connectivity index (χ1) is 8.37. The van der Waals surface area contributed by atoms with Crippen LogP contribution in [-0.4, -0.2) is 51.7 Å². The number of alkyl halides is 1. The molecule has 7 heteroatoms.